The average Bonchev–Trinajstić information content (AvgIpc) is 3.63. The van der Waals surface area contributed by atoms with E-state index in [0.29, 0.717) is 45.5 Å². The maximum Gasteiger partial charge on any atom is 0.299 e. The van der Waals surface area contributed by atoms with Crippen LogP contribution in [-0.2, 0) is 20.9 Å². The third-order valence-corrected chi connectivity index (χ3v) is 7.68. The molecule has 0 saturated carbocycles. The minimum Gasteiger partial charge on any atom is -0.493 e. The molecular formula is C34H28FN3O8. The van der Waals surface area contributed by atoms with E-state index in [0.717, 1.165) is 4.90 Å². The summed E-state index contributed by atoms with van der Waals surface area (Å²) in [5.41, 5.74) is 1.72. The fourth-order valence-corrected chi connectivity index (χ4v) is 5.42. The van der Waals surface area contributed by atoms with Crippen molar-refractivity contribution in [3.05, 3.63) is 107 Å². The molecule has 11 nitrogen and oxygen atoms in total. The van der Waals surface area contributed by atoms with E-state index in [1.165, 1.54) is 49.5 Å². The number of carbonyl (C=O) groups is 4. The van der Waals surface area contributed by atoms with Crippen molar-refractivity contribution < 1.29 is 42.5 Å². The average molecular weight is 626 g/mol. The number of halogens is 1. The monoisotopic (exact) mass is 625 g/mol. The number of benzene rings is 4. The Balaban J connectivity index is 1.42. The number of ether oxygens (including phenoxy) is 4. The van der Waals surface area contributed by atoms with Gasteiger partial charge in [-0.05, 0) is 59.7 Å². The lowest BCUT2D eigenvalue weighted by Gasteiger charge is -2.33. The summed E-state index contributed by atoms with van der Waals surface area (Å²) in [6.45, 7) is -0.643. The molecule has 1 atom stereocenters. The molecule has 0 aliphatic carbocycles. The van der Waals surface area contributed by atoms with Gasteiger partial charge in [0.15, 0.2) is 23.0 Å². The lowest BCUT2D eigenvalue weighted by Crippen LogP contribution is -2.46. The first-order valence-electron chi connectivity index (χ1n) is 14.2. The van der Waals surface area contributed by atoms with Gasteiger partial charge in [-0.15, -0.1) is 0 Å². The number of nitrogens with one attached hydrogen (secondary N) is 1. The molecule has 0 unspecified atom stereocenters. The van der Waals surface area contributed by atoms with Crippen molar-refractivity contribution >= 4 is 34.9 Å². The Labute approximate surface area is 263 Å². The van der Waals surface area contributed by atoms with Crippen molar-refractivity contribution in [2.45, 2.75) is 12.6 Å². The number of hydrogen-bond acceptors (Lipinski definition) is 8. The predicted molar refractivity (Wildman–Crippen MR) is 164 cm³/mol. The first kappa shape index (κ1) is 30.1. The predicted octanol–water partition coefficient (Wildman–Crippen LogP) is 4.51. The summed E-state index contributed by atoms with van der Waals surface area (Å²) in [5.74, 6) is -1.65. The van der Waals surface area contributed by atoms with Crippen LogP contribution in [0, 0.1) is 5.82 Å². The summed E-state index contributed by atoms with van der Waals surface area (Å²) in [7, 11) is 2.91. The topological polar surface area (TPSA) is 124 Å². The zero-order chi connectivity index (χ0) is 32.4. The van der Waals surface area contributed by atoms with Crippen molar-refractivity contribution in [3.63, 3.8) is 0 Å². The van der Waals surface area contributed by atoms with Gasteiger partial charge in [-0.2, -0.15) is 0 Å². The van der Waals surface area contributed by atoms with Crippen LogP contribution in [0.1, 0.15) is 27.5 Å². The van der Waals surface area contributed by atoms with Crippen molar-refractivity contribution in [1.82, 2.24) is 4.90 Å². The second kappa shape index (κ2) is 12.6. The molecule has 4 aromatic rings. The van der Waals surface area contributed by atoms with Crippen LogP contribution in [0.3, 0.4) is 0 Å². The molecule has 234 valence electrons. The molecule has 12 heteroatoms. The Hall–Kier alpha value is -5.91. The van der Waals surface area contributed by atoms with Crippen LogP contribution in [0.4, 0.5) is 15.8 Å². The molecule has 0 radical (unpaired) electrons. The summed E-state index contributed by atoms with van der Waals surface area (Å²) in [6, 6.07) is 20.3. The molecule has 4 aromatic carbocycles. The molecule has 46 heavy (non-hydrogen) atoms. The molecule has 3 amide bonds. The van der Waals surface area contributed by atoms with Gasteiger partial charge in [0.2, 0.25) is 12.7 Å². The Bertz CT molecular complexity index is 1840. The van der Waals surface area contributed by atoms with Crippen LogP contribution < -0.4 is 29.2 Å². The van der Waals surface area contributed by atoms with Crippen LogP contribution in [-0.4, -0.2) is 56.0 Å². The highest BCUT2D eigenvalue weighted by Gasteiger charge is 2.39. The fourth-order valence-electron chi connectivity index (χ4n) is 5.42. The van der Waals surface area contributed by atoms with Gasteiger partial charge in [0, 0.05) is 18.3 Å². The minimum absolute atomic E-state index is 0.0435. The number of amides is 3. The van der Waals surface area contributed by atoms with E-state index in [1.807, 2.05) is 0 Å². The minimum atomic E-state index is -1.30. The summed E-state index contributed by atoms with van der Waals surface area (Å²) >= 11 is 0. The van der Waals surface area contributed by atoms with Gasteiger partial charge in [0.05, 0.1) is 25.5 Å². The lowest BCUT2D eigenvalue weighted by atomic mass is 10.0. The maximum atomic E-state index is 14.3. The summed E-state index contributed by atoms with van der Waals surface area (Å²) < 4.78 is 35.6. The fraction of sp³-hybridized carbons (Fsp3) is 0.176. The third-order valence-electron chi connectivity index (χ3n) is 7.68. The maximum absolute atomic E-state index is 14.3. The van der Waals surface area contributed by atoms with Crippen molar-refractivity contribution in [1.29, 1.82) is 0 Å². The van der Waals surface area contributed by atoms with Gasteiger partial charge in [-0.3, -0.25) is 24.1 Å². The number of nitrogens with zero attached hydrogens (tertiary/aromatic N) is 2. The standard InChI is InChI=1S/C34H28FN3O8/c1-43-26-13-9-21(15-28(26)44-2)31(33(41)36-23-12-14-27-29(16-23)46-19-45-27)38(17-20-7-10-22(35)11-8-20)30(39)18-37-25-6-4-3-5-24(25)32(40)34(37)42/h3-16,31H,17-19H2,1-2H3,(H,36,41)/t31-/m0/s1. The van der Waals surface area contributed by atoms with E-state index >= 15 is 0 Å². The first-order valence-corrected chi connectivity index (χ1v) is 14.2. The van der Waals surface area contributed by atoms with E-state index in [2.05, 4.69) is 5.32 Å². The number of anilines is 2. The molecule has 0 spiro atoms. The van der Waals surface area contributed by atoms with E-state index < -0.39 is 41.9 Å². The molecule has 1 N–H and O–H groups in total. The Morgan fingerprint density at radius 2 is 1.65 bits per heavy atom. The van der Waals surface area contributed by atoms with E-state index in [4.69, 9.17) is 18.9 Å². The van der Waals surface area contributed by atoms with Crippen molar-refractivity contribution in [3.8, 4) is 23.0 Å². The molecule has 0 saturated heterocycles. The second-order valence-corrected chi connectivity index (χ2v) is 10.5. The van der Waals surface area contributed by atoms with Gasteiger partial charge in [0.1, 0.15) is 18.4 Å². The molecule has 2 aliphatic heterocycles. The van der Waals surface area contributed by atoms with Gasteiger partial charge >= 0.3 is 0 Å². The van der Waals surface area contributed by atoms with E-state index in [-0.39, 0.29) is 18.9 Å². The SMILES string of the molecule is COc1ccc([C@@H](C(=O)Nc2ccc3c(c2)OCO3)N(Cc2ccc(F)cc2)C(=O)CN2C(=O)C(=O)c3ccccc32)cc1OC. The Morgan fingerprint density at radius 1 is 0.913 bits per heavy atom. The summed E-state index contributed by atoms with van der Waals surface area (Å²) in [5, 5.41) is 2.86. The molecule has 2 heterocycles. The highest BCUT2D eigenvalue weighted by molar-refractivity contribution is 6.52. The second-order valence-electron chi connectivity index (χ2n) is 10.5. The largest absolute Gasteiger partial charge is 0.493 e. The lowest BCUT2D eigenvalue weighted by molar-refractivity contribution is -0.139. The third kappa shape index (κ3) is 5.80. The number of hydrogen-bond donors (Lipinski definition) is 1. The molecule has 6 rings (SSSR count). The van der Waals surface area contributed by atoms with Crippen LogP contribution >= 0.6 is 0 Å². The number of carbonyl (C=O) groups excluding carboxylic acids is 4. The number of rotatable bonds is 10. The molecular weight excluding hydrogens is 597 g/mol. The zero-order valence-electron chi connectivity index (χ0n) is 24.8. The van der Waals surface area contributed by atoms with Gasteiger partial charge in [-0.1, -0.05) is 30.3 Å². The van der Waals surface area contributed by atoms with Crippen LogP contribution in [0.25, 0.3) is 0 Å². The van der Waals surface area contributed by atoms with Gasteiger partial charge in [0.25, 0.3) is 17.6 Å². The van der Waals surface area contributed by atoms with Crippen molar-refractivity contribution in [2.75, 3.05) is 37.8 Å². The molecule has 0 bridgehead atoms. The van der Waals surface area contributed by atoms with E-state index in [9.17, 15) is 23.6 Å². The normalized spacial score (nSPS) is 13.7. The highest BCUT2D eigenvalue weighted by Crippen LogP contribution is 2.37. The number of Topliss-reactive ketones (excluding diaryl/α,β-unsaturated/α-hetero) is 1. The van der Waals surface area contributed by atoms with Crippen LogP contribution in [0.5, 0.6) is 23.0 Å². The smallest absolute Gasteiger partial charge is 0.299 e. The number of ketones is 1. The van der Waals surface area contributed by atoms with E-state index in [1.54, 1.807) is 54.6 Å². The van der Waals surface area contributed by atoms with Gasteiger partial charge < -0.3 is 29.2 Å². The van der Waals surface area contributed by atoms with Crippen molar-refractivity contribution in [2.24, 2.45) is 0 Å². The first-order chi connectivity index (χ1) is 22.3. The number of para-hydroxylation sites is 1. The molecule has 2 aliphatic rings. The quantitative estimate of drug-likeness (QED) is 0.256. The summed E-state index contributed by atoms with van der Waals surface area (Å²) in [4.78, 5) is 56.7. The molecule has 0 aromatic heterocycles. The van der Waals surface area contributed by atoms with Crippen LogP contribution in [0.15, 0.2) is 84.9 Å². The van der Waals surface area contributed by atoms with Gasteiger partial charge in [-0.25, -0.2) is 4.39 Å². The highest BCUT2D eigenvalue weighted by atomic mass is 19.1. The number of methoxy groups -OCH3 is 2. The molecule has 0 fully saturated rings. The Morgan fingerprint density at radius 3 is 2.41 bits per heavy atom. The summed E-state index contributed by atoms with van der Waals surface area (Å²) in [6.07, 6.45) is 0. The van der Waals surface area contributed by atoms with Crippen LogP contribution in [0.2, 0.25) is 0 Å². The zero-order valence-corrected chi connectivity index (χ0v) is 24.8. The Kier molecular flexibility index (Phi) is 8.25. The number of fused-ring (bicyclic) bond motifs is 2.